The van der Waals surface area contributed by atoms with Gasteiger partial charge in [0.15, 0.2) is 0 Å². The molecule has 0 radical (unpaired) electrons. The molecule has 0 aliphatic heterocycles. The minimum atomic E-state index is 0.00228. The zero-order valence-corrected chi connectivity index (χ0v) is 14.8. The van der Waals surface area contributed by atoms with Gasteiger partial charge in [0, 0.05) is 11.4 Å². The van der Waals surface area contributed by atoms with E-state index < -0.39 is 0 Å². The Morgan fingerprint density at radius 3 is 2.41 bits per heavy atom. The molecule has 5 heteroatoms. The Balaban J connectivity index is 1.86. The summed E-state index contributed by atoms with van der Waals surface area (Å²) in [6.45, 7) is 3.98. The second-order valence-corrected chi connectivity index (χ2v) is 6.86. The van der Waals surface area contributed by atoms with Crippen molar-refractivity contribution in [1.29, 1.82) is 0 Å². The fraction of sp³-hybridized carbons (Fsp3) is 0.235. The molecule has 2 aromatic rings. The molecule has 0 atom stereocenters. The molecule has 0 aliphatic carbocycles. The smallest absolute Gasteiger partial charge is 0.234 e. The lowest BCUT2D eigenvalue weighted by Crippen LogP contribution is -2.15. The molecule has 22 heavy (non-hydrogen) atoms. The summed E-state index contributed by atoms with van der Waals surface area (Å²) >= 11 is 13.4. The molecule has 0 aromatic heterocycles. The van der Waals surface area contributed by atoms with Crippen LogP contribution in [0.25, 0.3) is 0 Å². The molecule has 2 aromatic carbocycles. The second kappa shape index (κ2) is 7.91. The molecule has 0 saturated heterocycles. The van der Waals surface area contributed by atoms with Crippen LogP contribution in [0.5, 0.6) is 0 Å². The van der Waals surface area contributed by atoms with E-state index in [1.165, 1.54) is 0 Å². The van der Waals surface area contributed by atoms with E-state index in [2.05, 4.69) is 5.32 Å². The number of anilines is 1. The predicted octanol–water partition coefficient (Wildman–Crippen LogP) is 5.48. The van der Waals surface area contributed by atoms with Crippen LogP contribution in [0.1, 0.15) is 16.7 Å². The minimum Gasteiger partial charge on any atom is -0.325 e. The highest BCUT2D eigenvalue weighted by atomic mass is 35.5. The van der Waals surface area contributed by atoms with Gasteiger partial charge in [-0.05, 0) is 42.7 Å². The molecule has 116 valence electrons. The van der Waals surface area contributed by atoms with E-state index in [1.54, 1.807) is 17.8 Å². The molecular weight excluding hydrogens is 337 g/mol. The highest BCUT2D eigenvalue weighted by Crippen LogP contribution is 2.25. The lowest BCUT2D eigenvalue weighted by molar-refractivity contribution is -0.113. The van der Waals surface area contributed by atoms with Crippen molar-refractivity contribution in [2.45, 2.75) is 19.6 Å². The Hall–Kier alpha value is -1.16. The van der Waals surface area contributed by atoms with Crippen molar-refractivity contribution in [1.82, 2.24) is 0 Å². The van der Waals surface area contributed by atoms with E-state index >= 15 is 0 Å². The number of amides is 1. The first kappa shape index (κ1) is 17.2. The zero-order valence-electron chi connectivity index (χ0n) is 12.5. The van der Waals surface area contributed by atoms with Crippen LogP contribution in [0.3, 0.4) is 0 Å². The summed E-state index contributed by atoms with van der Waals surface area (Å²) in [5.41, 5.74) is 4.10. The number of rotatable bonds is 5. The van der Waals surface area contributed by atoms with Gasteiger partial charge in [-0.25, -0.2) is 0 Å². The highest BCUT2D eigenvalue weighted by molar-refractivity contribution is 7.99. The monoisotopic (exact) mass is 353 g/mol. The molecule has 0 bridgehead atoms. The summed E-state index contributed by atoms with van der Waals surface area (Å²) in [6, 6.07) is 11.5. The van der Waals surface area contributed by atoms with Gasteiger partial charge in [-0.1, -0.05) is 47.5 Å². The Bertz CT molecular complexity index is 668. The van der Waals surface area contributed by atoms with Crippen LogP contribution >= 0.6 is 35.0 Å². The van der Waals surface area contributed by atoms with Gasteiger partial charge in [-0.15, -0.1) is 11.8 Å². The molecule has 1 N–H and O–H groups in total. The lowest BCUT2D eigenvalue weighted by atomic mass is 10.1. The fourth-order valence-electron chi connectivity index (χ4n) is 2.08. The summed E-state index contributed by atoms with van der Waals surface area (Å²) < 4.78 is 0. The first-order valence-corrected chi connectivity index (χ1v) is 8.76. The Kier molecular flexibility index (Phi) is 6.18. The average molecular weight is 354 g/mol. The van der Waals surface area contributed by atoms with E-state index in [-0.39, 0.29) is 5.91 Å². The second-order valence-electron chi connectivity index (χ2n) is 5.06. The number of thioether (sulfide) groups is 1. The number of carbonyl (C=O) groups is 1. The molecular formula is C17H17Cl2NOS. The Morgan fingerprint density at radius 1 is 1.09 bits per heavy atom. The SMILES string of the molecule is Cc1cccc(C)c1NC(=O)CSCc1ccc(Cl)c(Cl)c1. The van der Waals surface area contributed by atoms with E-state index in [0.717, 1.165) is 28.1 Å². The van der Waals surface area contributed by atoms with Gasteiger partial charge < -0.3 is 5.32 Å². The van der Waals surface area contributed by atoms with Crippen molar-refractivity contribution in [2.75, 3.05) is 11.1 Å². The van der Waals surface area contributed by atoms with Crippen LogP contribution in [0, 0.1) is 13.8 Å². The quantitative estimate of drug-likeness (QED) is 0.770. The summed E-state index contributed by atoms with van der Waals surface area (Å²) in [7, 11) is 0. The standard InChI is InChI=1S/C17H17Cl2NOS/c1-11-4-3-5-12(2)17(11)20-16(21)10-22-9-13-6-7-14(18)15(19)8-13/h3-8H,9-10H2,1-2H3,(H,20,21). The number of nitrogens with one attached hydrogen (secondary N) is 1. The normalized spacial score (nSPS) is 10.5. The number of hydrogen-bond acceptors (Lipinski definition) is 2. The third kappa shape index (κ3) is 4.67. The molecule has 1 amide bonds. The van der Waals surface area contributed by atoms with Crippen LogP contribution in [-0.4, -0.2) is 11.7 Å². The summed E-state index contributed by atoms with van der Waals surface area (Å²) in [6.07, 6.45) is 0. The third-order valence-corrected chi connectivity index (χ3v) is 4.97. The number of aryl methyl sites for hydroxylation is 2. The number of halogens is 2. The van der Waals surface area contributed by atoms with Gasteiger partial charge in [0.1, 0.15) is 0 Å². The van der Waals surface area contributed by atoms with Gasteiger partial charge in [0.2, 0.25) is 5.91 Å². The molecule has 0 fully saturated rings. The minimum absolute atomic E-state index is 0.00228. The van der Waals surface area contributed by atoms with E-state index in [1.807, 2.05) is 44.2 Å². The van der Waals surface area contributed by atoms with Crippen LogP contribution in [0.4, 0.5) is 5.69 Å². The van der Waals surface area contributed by atoms with E-state index in [0.29, 0.717) is 15.8 Å². The predicted molar refractivity (Wildman–Crippen MR) is 97.2 cm³/mol. The van der Waals surface area contributed by atoms with Crippen molar-refractivity contribution in [3.05, 3.63) is 63.1 Å². The van der Waals surface area contributed by atoms with Gasteiger partial charge in [0.25, 0.3) is 0 Å². The zero-order chi connectivity index (χ0) is 16.1. The first-order valence-electron chi connectivity index (χ1n) is 6.85. The lowest BCUT2D eigenvalue weighted by Gasteiger charge is -2.11. The topological polar surface area (TPSA) is 29.1 Å². The molecule has 0 spiro atoms. The summed E-state index contributed by atoms with van der Waals surface area (Å²) in [5, 5.41) is 4.06. The highest BCUT2D eigenvalue weighted by Gasteiger charge is 2.08. The van der Waals surface area contributed by atoms with E-state index in [4.69, 9.17) is 23.2 Å². The fourth-order valence-corrected chi connectivity index (χ4v) is 3.17. The molecule has 2 rings (SSSR count). The summed E-state index contributed by atoms with van der Waals surface area (Å²) in [4.78, 5) is 12.0. The molecule has 2 nitrogen and oxygen atoms in total. The van der Waals surface area contributed by atoms with Gasteiger partial charge in [0.05, 0.1) is 15.8 Å². The molecule has 0 unspecified atom stereocenters. The van der Waals surface area contributed by atoms with Crippen LogP contribution < -0.4 is 5.32 Å². The third-order valence-electron chi connectivity index (χ3n) is 3.23. The molecule has 0 saturated carbocycles. The van der Waals surface area contributed by atoms with Crippen LogP contribution in [0.15, 0.2) is 36.4 Å². The maximum atomic E-state index is 12.0. The summed E-state index contributed by atoms with van der Waals surface area (Å²) in [5.74, 6) is 1.12. The van der Waals surface area contributed by atoms with Crippen LogP contribution in [-0.2, 0) is 10.5 Å². The van der Waals surface area contributed by atoms with Gasteiger partial charge in [-0.2, -0.15) is 0 Å². The van der Waals surface area contributed by atoms with E-state index in [9.17, 15) is 4.79 Å². The van der Waals surface area contributed by atoms with Gasteiger partial charge in [-0.3, -0.25) is 4.79 Å². The Labute approximate surface area is 145 Å². The number of para-hydroxylation sites is 1. The van der Waals surface area contributed by atoms with Crippen molar-refractivity contribution in [3.8, 4) is 0 Å². The average Bonchev–Trinajstić information content (AvgIpc) is 2.47. The maximum absolute atomic E-state index is 12.0. The van der Waals surface area contributed by atoms with Crippen molar-refractivity contribution >= 4 is 46.6 Å². The van der Waals surface area contributed by atoms with Crippen molar-refractivity contribution < 1.29 is 4.79 Å². The number of carbonyl (C=O) groups excluding carboxylic acids is 1. The van der Waals surface area contributed by atoms with Gasteiger partial charge >= 0.3 is 0 Å². The van der Waals surface area contributed by atoms with Crippen molar-refractivity contribution in [3.63, 3.8) is 0 Å². The Morgan fingerprint density at radius 2 is 1.77 bits per heavy atom. The maximum Gasteiger partial charge on any atom is 0.234 e. The number of benzene rings is 2. The molecule has 0 aliphatic rings. The van der Waals surface area contributed by atoms with Crippen LogP contribution in [0.2, 0.25) is 10.0 Å². The largest absolute Gasteiger partial charge is 0.325 e. The van der Waals surface area contributed by atoms with Crippen molar-refractivity contribution in [2.24, 2.45) is 0 Å². The molecule has 0 heterocycles. The number of hydrogen-bond donors (Lipinski definition) is 1. The first-order chi connectivity index (χ1) is 10.5.